The fraction of sp³-hybridized carbons (Fsp3) is 0.333. The molecule has 4 heteroatoms. The standard InChI is InChI=1S/C21H26N2O2/c1-21(2,3)20(25)22-14-19(24)23(4)15-16-10-12-18(13-11-16)17-8-6-5-7-9-17/h5-13H,14-15H2,1-4H3,(H,22,25). The predicted molar refractivity (Wildman–Crippen MR) is 101 cm³/mol. The minimum atomic E-state index is -0.494. The summed E-state index contributed by atoms with van der Waals surface area (Å²) in [5, 5.41) is 2.69. The third-order valence-electron chi connectivity index (χ3n) is 3.99. The molecule has 2 aromatic rings. The first-order valence-electron chi connectivity index (χ1n) is 8.44. The molecule has 0 unspecified atom stereocenters. The monoisotopic (exact) mass is 338 g/mol. The smallest absolute Gasteiger partial charge is 0.242 e. The van der Waals surface area contributed by atoms with Gasteiger partial charge in [-0.05, 0) is 16.7 Å². The minimum Gasteiger partial charge on any atom is -0.347 e. The van der Waals surface area contributed by atoms with E-state index in [1.54, 1.807) is 11.9 Å². The van der Waals surface area contributed by atoms with E-state index < -0.39 is 5.41 Å². The van der Waals surface area contributed by atoms with Crippen molar-refractivity contribution < 1.29 is 9.59 Å². The lowest BCUT2D eigenvalue weighted by molar-refractivity contribution is -0.134. The Morgan fingerprint density at radius 3 is 2.04 bits per heavy atom. The van der Waals surface area contributed by atoms with Crippen LogP contribution in [0.4, 0.5) is 0 Å². The maximum atomic E-state index is 12.2. The van der Waals surface area contributed by atoms with Gasteiger partial charge in [-0.2, -0.15) is 0 Å². The first-order valence-corrected chi connectivity index (χ1v) is 8.44. The molecule has 0 spiro atoms. The van der Waals surface area contributed by atoms with Gasteiger partial charge >= 0.3 is 0 Å². The van der Waals surface area contributed by atoms with Gasteiger partial charge in [0, 0.05) is 19.0 Å². The second-order valence-electron chi connectivity index (χ2n) is 7.25. The summed E-state index contributed by atoms with van der Waals surface area (Å²) in [7, 11) is 1.75. The van der Waals surface area contributed by atoms with E-state index in [9.17, 15) is 9.59 Å². The molecule has 0 aliphatic carbocycles. The van der Waals surface area contributed by atoms with Gasteiger partial charge < -0.3 is 10.2 Å². The van der Waals surface area contributed by atoms with E-state index in [0.717, 1.165) is 11.1 Å². The highest BCUT2D eigenvalue weighted by Crippen LogP contribution is 2.19. The Bertz CT molecular complexity index is 716. The molecule has 2 rings (SSSR count). The number of carbonyl (C=O) groups is 2. The molecule has 0 bridgehead atoms. The van der Waals surface area contributed by atoms with Crippen molar-refractivity contribution >= 4 is 11.8 Å². The van der Waals surface area contributed by atoms with Gasteiger partial charge in [0.1, 0.15) is 0 Å². The summed E-state index contributed by atoms with van der Waals surface area (Å²) in [6.07, 6.45) is 0. The zero-order chi connectivity index (χ0) is 18.4. The van der Waals surface area contributed by atoms with E-state index in [-0.39, 0.29) is 18.4 Å². The van der Waals surface area contributed by atoms with Crippen LogP contribution in [0.3, 0.4) is 0 Å². The topological polar surface area (TPSA) is 49.4 Å². The molecule has 0 saturated carbocycles. The molecule has 2 aromatic carbocycles. The highest BCUT2D eigenvalue weighted by molar-refractivity contribution is 5.87. The summed E-state index contributed by atoms with van der Waals surface area (Å²) in [6, 6.07) is 18.3. The molecular formula is C21H26N2O2. The molecule has 0 aromatic heterocycles. The summed E-state index contributed by atoms with van der Waals surface area (Å²) in [5.74, 6) is -0.230. The molecule has 0 radical (unpaired) electrons. The highest BCUT2D eigenvalue weighted by Gasteiger charge is 2.22. The van der Waals surface area contributed by atoms with E-state index in [0.29, 0.717) is 6.54 Å². The summed E-state index contributed by atoms with van der Waals surface area (Å²) >= 11 is 0. The zero-order valence-electron chi connectivity index (χ0n) is 15.4. The normalized spacial score (nSPS) is 11.0. The lowest BCUT2D eigenvalue weighted by atomic mass is 9.96. The van der Waals surface area contributed by atoms with Crippen molar-refractivity contribution in [3.05, 3.63) is 60.2 Å². The molecule has 4 nitrogen and oxygen atoms in total. The Labute approximate surface area is 149 Å². The Morgan fingerprint density at radius 1 is 0.920 bits per heavy atom. The van der Waals surface area contributed by atoms with Gasteiger partial charge in [0.25, 0.3) is 0 Å². The molecule has 132 valence electrons. The van der Waals surface area contributed by atoms with E-state index in [1.165, 1.54) is 5.56 Å². The lowest BCUT2D eigenvalue weighted by Crippen LogP contribution is -2.42. The van der Waals surface area contributed by atoms with Crippen molar-refractivity contribution in [2.45, 2.75) is 27.3 Å². The van der Waals surface area contributed by atoms with Crippen molar-refractivity contribution in [3.8, 4) is 11.1 Å². The van der Waals surface area contributed by atoms with Gasteiger partial charge in [0.15, 0.2) is 0 Å². The fourth-order valence-corrected chi connectivity index (χ4v) is 2.35. The number of rotatable bonds is 5. The van der Waals surface area contributed by atoms with Gasteiger partial charge in [0.05, 0.1) is 6.54 Å². The van der Waals surface area contributed by atoms with Crippen LogP contribution in [0.5, 0.6) is 0 Å². The average Bonchev–Trinajstić information content (AvgIpc) is 2.59. The van der Waals surface area contributed by atoms with Crippen LogP contribution in [0.1, 0.15) is 26.3 Å². The first kappa shape index (κ1) is 18.7. The van der Waals surface area contributed by atoms with Crippen LogP contribution in [-0.2, 0) is 16.1 Å². The summed E-state index contributed by atoms with van der Waals surface area (Å²) < 4.78 is 0. The number of carbonyl (C=O) groups excluding carboxylic acids is 2. The van der Waals surface area contributed by atoms with Crippen LogP contribution in [0.2, 0.25) is 0 Å². The zero-order valence-corrected chi connectivity index (χ0v) is 15.4. The molecule has 0 heterocycles. The molecule has 25 heavy (non-hydrogen) atoms. The number of hydrogen-bond acceptors (Lipinski definition) is 2. The number of likely N-dealkylation sites (N-methyl/N-ethyl adjacent to an activating group) is 1. The minimum absolute atomic E-state index is 0.0225. The fourth-order valence-electron chi connectivity index (χ4n) is 2.35. The van der Waals surface area contributed by atoms with E-state index in [1.807, 2.05) is 51.1 Å². The molecule has 2 amide bonds. The summed E-state index contributed by atoms with van der Waals surface area (Å²) in [5.41, 5.74) is 2.88. The van der Waals surface area contributed by atoms with Crippen molar-refractivity contribution in [1.82, 2.24) is 10.2 Å². The maximum Gasteiger partial charge on any atom is 0.242 e. The summed E-state index contributed by atoms with van der Waals surface area (Å²) in [4.78, 5) is 25.6. The third kappa shape index (κ3) is 5.45. The second kappa shape index (κ2) is 7.97. The molecule has 1 N–H and O–H groups in total. The van der Waals surface area contributed by atoms with Gasteiger partial charge in [-0.3, -0.25) is 9.59 Å². The number of hydrogen-bond donors (Lipinski definition) is 1. The van der Waals surface area contributed by atoms with Crippen molar-refractivity contribution in [2.75, 3.05) is 13.6 Å². The Balaban J connectivity index is 1.91. The van der Waals surface area contributed by atoms with Gasteiger partial charge in [-0.1, -0.05) is 75.4 Å². The van der Waals surface area contributed by atoms with Crippen LogP contribution in [-0.4, -0.2) is 30.3 Å². The van der Waals surface area contributed by atoms with Crippen LogP contribution in [0.25, 0.3) is 11.1 Å². The van der Waals surface area contributed by atoms with Crippen molar-refractivity contribution in [3.63, 3.8) is 0 Å². The largest absolute Gasteiger partial charge is 0.347 e. The number of benzene rings is 2. The van der Waals surface area contributed by atoms with Crippen molar-refractivity contribution in [1.29, 1.82) is 0 Å². The third-order valence-corrected chi connectivity index (χ3v) is 3.99. The van der Waals surface area contributed by atoms with E-state index >= 15 is 0 Å². The van der Waals surface area contributed by atoms with E-state index in [2.05, 4.69) is 29.6 Å². The quantitative estimate of drug-likeness (QED) is 0.907. The lowest BCUT2D eigenvalue weighted by Gasteiger charge is -2.21. The van der Waals surface area contributed by atoms with Crippen LogP contribution >= 0.6 is 0 Å². The van der Waals surface area contributed by atoms with Gasteiger partial charge in [-0.25, -0.2) is 0 Å². The van der Waals surface area contributed by atoms with Gasteiger partial charge in [-0.15, -0.1) is 0 Å². The number of amides is 2. The molecule has 0 aliphatic heterocycles. The van der Waals surface area contributed by atoms with E-state index in [4.69, 9.17) is 0 Å². The van der Waals surface area contributed by atoms with Gasteiger partial charge in [0.2, 0.25) is 11.8 Å². The molecular weight excluding hydrogens is 312 g/mol. The SMILES string of the molecule is CN(Cc1ccc(-c2ccccc2)cc1)C(=O)CNC(=O)C(C)(C)C. The summed E-state index contributed by atoms with van der Waals surface area (Å²) in [6.45, 7) is 6.01. The number of nitrogens with one attached hydrogen (secondary N) is 1. The molecule has 0 atom stereocenters. The maximum absolute atomic E-state index is 12.2. The highest BCUT2D eigenvalue weighted by atomic mass is 16.2. The van der Waals surface area contributed by atoms with Crippen LogP contribution in [0, 0.1) is 5.41 Å². The Hall–Kier alpha value is -2.62. The van der Waals surface area contributed by atoms with Crippen molar-refractivity contribution in [2.24, 2.45) is 5.41 Å². The Kier molecular flexibility index (Phi) is 5.97. The predicted octanol–water partition coefficient (Wildman–Crippen LogP) is 3.47. The average molecular weight is 338 g/mol. The molecule has 0 fully saturated rings. The molecule has 0 saturated heterocycles. The molecule has 0 aliphatic rings. The van der Waals surface area contributed by atoms with Crippen LogP contribution < -0.4 is 5.32 Å². The Morgan fingerprint density at radius 2 is 1.48 bits per heavy atom. The second-order valence-corrected chi connectivity index (χ2v) is 7.25. The number of nitrogens with zero attached hydrogens (tertiary/aromatic N) is 1. The first-order chi connectivity index (χ1) is 11.8. The van der Waals surface area contributed by atoms with Crippen LogP contribution in [0.15, 0.2) is 54.6 Å².